The standard InChI is InChI=1S/C19H24N2/c1-3-16-8-10-17(11-9-16)14-21-13-15(2)20-12-18-6-4-5-7-19(18)21/h4-11,15,20H,3,12-14H2,1-2H3. The fraction of sp³-hybridized carbons (Fsp3) is 0.368. The molecular weight excluding hydrogens is 256 g/mol. The van der Waals surface area contributed by atoms with Crippen LogP contribution in [0.1, 0.15) is 30.5 Å². The lowest BCUT2D eigenvalue weighted by Gasteiger charge is -2.26. The lowest BCUT2D eigenvalue weighted by atomic mass is 10.1. The maximum Gasteiger partial charge on any atom is 0.0430 e. The molecule has 2 aromatic carbocycles. The van der Waals surface area contributed by atoms with Gasteiger partial charge in [0, 0.05) is 31.4 Å². The topological polar surface area (TPSA) is 15.3 Å². The summed E-state index contributed by atoms with van der Waals surface area (Å²) >= 11 is 0. The lowest BCUT2D eigenvalue weighted by molar-refractivity contribution is 0.552. The number of para-hydroxylation sites is 1. The van der Waals surface area contributed by atoms with Crippen LogP contribution in [0.15, 0.2) is 48.5 Å². The minimum atomic E-state index is 0.507. The second kappa shape index (κ2) is 6.31. The molecule has 0 radical (unpaired) electrons. The Hall–Kier alpha value is -1.80. The van der Waals surface area contributed by atoms with Crippen molar-refractivity contribution in [3.63, 3.8) is 0 Å². The highest BCUT2D eigenvalue weighted by atomic mass is 15.2. The summed E-state index contributed by atoms with van der Waals surface area (Å²) in [6.07, 6.45) is 1.10. The third kappa shape index (κ3) is 3.27. The molecule has 1 aliphatic rings. The van der Waals surface area contributed by atoms with E-state index in [4.69, 9.17) is 0 Å². The Balaban J connectivity index is 1.85. The van der Waals surface area contributed by atoms with Gasteiger partial charge in [-0.05, 0) is 36.1 Å². The Morgan fingerprint density at radius 1 is 1.05 bits per heavy atom. The molecule has 0 aromatic heterocycles. The van der Waals surface area contributed by atoms with Gasteiger partial charge in [-0.25, -0.2) is 0 Å². The van der Waals surface area contributed by atoms with Gasteiger partial charge >= 0.3 is 0 Å². The molecule has 1 unspecified atom stereocenters. The molecule has 0 amide bonds. The highest BCUT2D eigenvalue weighted by Gasteiger charge is 2.18. The minimum absolute atomic E-state index is 0.507. The smallest absolute Gasteiger partial charge is 0.0430 e. The third-order valence-corrected chi connectivity index (χ3v) is 4.27. The molecule has 1 aliphatic heterocycles. The highest BCUT2D eigenvalue weighted by Crippen LogP contribution is 2.25. The van der Waals surface area contributed by atoms with Gasteiger partial charge < -0.3 is 10.2 Å². The van der Waals surface area contributed by atoms with Crippen LogP contribution in [-0.2, 0) is 19.5 Å². The van der Waals surface area contributed by atoms with Gasteiger partial charge in [-0.15, -0.1) is 0 Å². The molecule has 2 heteroatoms. The fourth-order valence-corrected chi connectivity index (χ4v) is 3.00. The monoisotopic (exact) mass is 280 g/mol. The Morgan fingerprint density at radius 2 is 1.76 bits per heavy atom. The Bertz CT molecular complexity index is 589. The summed E-state index contributed by atoms with van der Waals surface area (Å²) in [6.45, 7) is 7.45. The van der Waals surface area contributed by atoms with Crippen LogP contribution in [0.25, 0.3) is 0 Å². The van der Waals surface area contributed by atoms with Crippen molar-refractivity contribution in [1.29, 1.82) is 0 Å². The Kier molecular flexibility index (Phi) is 4.26. The minimum Gasteiger partial charge on any atom is -0.365 e. The number of rotatable bonds is 3. The van der Waals surface area contributed by atoms with Crippen LogP contribution in [-0.4, -0.2) is 12.6 Å². The molecule has 2 nitrogen and oxygen atoms in total. The molecule has 0 saturated heterocycles. The maximum absolute atomic E-state index is 3.59. The summed E-state index contributed by atoms with van der Waals surface area (Å²) in [5.74, 6) is 0. The van der Waals surface area contributed by atoms with Gasteiger partial charge in [0.15, 0.2) is 0 Å². The molecule has 0 aliphatic carbocycles. The van der Waals surface area contributed by atoms with Gasteiger partial charge in [-0.1, -0.05) is 49.4 Å². The average Bonchev–Trinajstić information content (AvgIpc) is 2.68. The lowest BCUT2D eigenvalue weighted by Crippen LogP contribution is -2.35. The summed E-state index contributed by atoms with van der Waals surface area (Å²) < 4.78 is 0. The van der Waals surface area contributed by atoms with Gasteiger partial charge in [0.05, 0.1) is 0 Å². The molecule has 2 aromatic rings. The molecule has 110 valence electrons. The highest BCUT2D eigenvalue weighted by molar-refractivity contribution is 5.55. The number of hydrogen-bond acceptors (Lipinski definition) is 2. The van der Waals surface area contributed by atoms with E-state index in [2.05, 4.69) is 72.6 Å². The third-order valence-electron chi connectivity index (χ3n) is 4.27. The van der Waals surface area contributed by atoms with Crippen molar-refractivity contribution >= 4 is 5.69 Å². The first kappa shape index (κ1) is 14.2. The summed E-state index contributed by atoms with van der Waals surface area (Å²) in [6, 6.07) is 18.3. The average molecular weight is 280 g/mol. The Morgan fingerprint density at radius 3 is 2.52 bits per heavy atom. The van der Waals surface area contributed by atoms with Crippen molar-refractivity contribution in [2.45, 2.75) is 39.4 Å². The molecule has 1 N–H and O–H groups in total. The molecule has 0 fully saturated rings. The van der Waals surface area contributed by atoms with Crippen molar-refractivity contribution < 1.29 is 0 Å². The molecule has 0 spiro atoms. The molecule has 0 bridgehead atoms. The van der Waals surface area contributed by atoms with Gasteiger partial charge in [0.1, 0.15) is 0 Å². The maximum atomic E-state index is 3.59. The largest absolute Gasteiger partial charge is 0.365 e. The van der Waals surface area contributed by atoms with E-state index >= 15 is 0 Å². The van der Waals surface area contributed by atoms with Crippen LogP contribution >= 0.6 is 0 Å². The van der Waals surface area contributed by atoms with Crippen LogP contribution in [0.2, 0.25) is 0 Å². The SMILES string of the molecule is CCc1ccc(CN2CC(C)NCc3ccccc32)cc1. The molecular formula is C19H24N2. The summed E-state index contributed by atoms with van der Waals surface area (Å²) in [5.41, 5.74) is 5.56. The number of anilines is 1. The fourth-order valence-electron chi connectivity index (χ4n) is 3.00. The molecule has 1 atom stereocenters. The molecule has 0 saturated carbocycles. The van der Waals surface area contributed by atoms with E-state index in [1.165, 1.54) is 22.4 Å². The van der Waals surface area contributed by atoms with Crippen molar-refractivity contribution in [1.82, 2.24) is 5.32 Å². The van der Waals surface area contributed by atoms with E-state index in [0.29, 0.717) is 6.04 Å². The predicted molar refractivity (Wildman–Crippen MR) is 89.6 cm³/mol. The number of benzene rings is 2. The summed E-state index contributed by atoms with van der Waals surface area (Å²) in [7, 11) is 0. The van der Waals surface area contributed by atoms with E-state index in [1.807, 2.05) is 0 Å². The number of fused-ring (bicyclic) bond motifs is 1. The van der Waals surface area contributed by atoms with Crippen molar-refractivity contribution in [2.24, 2.45) is 0 Å². The van der Waals surface area contributed by atoms with Crippen LogP contribution in [0, 0.1) is 0 Å². The summed E-state index contributed by atoms with van der Waals surface area (Å²) in [4.78, 5) is 2.50. The second-order valence-electron chi connectivity index (χ2n) is 5.96. The number of nitrogens with zero attached hydrogens (tertiary/aromatic N) is 1. The van der Waals surface area contributed by atoms with Gasteiger partial charge in [-0.3, -0.25) is 0 Å². The van der Waals surface area contributed by atoms with E-state index in [9.17, 15) is 0 Å². The molecule has 1 heterocycles. The van der Waals surface area contributed by atoms with Gasteiger partial charge in [0.2, 0.25) is 0 Å². The Labute approximate surface area is 127 Å². The molecule has 3 rings (SSSR count). The van der Waals surface area contributed by atoms with Crippen LogP contribution in [0.5, 0.6) is 0 Å². The number of nitrogens with one attached hydrogen (secondary N) is 1. The zero-order chi connectivity index (χ0) is 14.7. The zero-order valence-electron chi connectivity index (χ0n) is 13.0. The first-order valence-corrected chi connectivity index (χ1v) is 7.90. The number of hydrogen-bond donors (Lipinski definition) is 1. The van der Waals surface area contributed by atoms with Crippen molar-refractivity contribution in [3.8, 4) is 0 Å². The van der Waals surface area contributed by atoms with E-state index in [1.54, 1.807) is 0 Å². The zero-order valence-corrected chi connectivity index (χ0v) is 13.0. The first-order chi connectivity index (χ1) is 10.3. The van der Waals surface area contributed by atoms with E-state index in [0.717, 1.165) is 26.1 Å². The van der Waals surface area contributed by atoms with Gasteiger partial charge in [-0.2, -0.15) is 0 Å². The second-order valence-corrected chi connectivity index (χ2v) is 5.96. The quantitative estimate of drug-likeness (QED) is 0.921. The predicted octanol–water partition coefficient (Wildman–Crippen LogP) is 3.75. The van der Waals surface area contributed by atoms with Crippen molar-refractivity contribution in [3.05, 3.63) is 65.2 Å². The normalized spacial score (nSPS) is 18.2. The van der Waals surface area contributed by atoms with E-state index < -0.39 is 0 Å². The first-order valence-electron chi connectivity index (χ1n) is 7.90. The summed E-state index contributed by atoms with van der Waals surface area (Å²) in [5, 5.41) is 3.59. The van der Waals surface area contributed by atoms with Crippen LogP contribution < -0.4 is 10.2 Å². The van der Waals surface area contributed by atoms with E-state index in [-0.39, 0.29) is 0 Å². The molecule has 21 heavy (non-hydrogen) atoms. The van der Waals surface area contributed by atoms with Gasteiger partial charge in [0.25, 0.3) is 0 Å². The number of aryl methyl sites for hydroxylation is 1. The van der Waals surface area contributed by atoms with Crippen LogP contribution in [0.3, 0.4) is 0 Å². The van der Waals surface area contributed by atoms with Crippen molar-refractivity contribution in [2.75, 3.05) is 11.4 Å². The van der Waals surface area contributed by atoms with Crippen LogP contribution in [0.4, 0.5) is 5.69 Å².